The molecule has 0 saturated carbocycles. The van der Waals surface area contributed by atoms with Crippen LogP contribution in [0.4, 0.5) is 11.4 Å². The minimum Gasteiger partial charge on any atom is -0.486 e. The van der Waals surface area contributed by atoms with Gasteiger partial charge in [0.05, 0.1) is 6.57 Å². The van der Waals surface area contributed by atoms with E-state index in [9.17, 15) is 4.79 Å². The van der Waals surface area contributed by atoms with Crippen LogP contribution in [-0.2, 0) is 17.6 Å². The molecule has 2 aromatic carbocycles. The molecule has 0 bridgehead atoms. The molecule has 0 aromatic heterocycles. The second kappa shape index (κ2) is 9.23. The standard InChI is InChI=1S/C24H26N2O2/c1-3-4-5-8-15-26-22-10-7-6-9-19(22)12-13-20-16-18(11-14-23(20)26)17-21(25-2)24(27)28/h6-7,9-11,14,16-17H,3-5,8,12-13,15H2,1H3,(H,27,28)/b21-17-. The van der Waals surface area contributed by atoms with Crippen LogP contribution in [0.1, 0.15) is 49.3 Å². The maximum Gasteiger partial charge on any atom is 0.333 e. The van der Waals surface area contributed by atoms with Crippen LogP contribution in [0.25, 0.3) is 10.9 Å². The van der Waals surface area contributed by atoms with E-state index in [1.165, 1.54) is 47.8 Å². The Bertz CT molecular complexity index is 924. The van der Waals surface area contributed by atoms with E-state index in [-0.39, 0.29) is 5.70 Å². The molecule has 3 rings (SSSR count). The topological polar surface area (TPSA) is 44.9 Å². The zero-order valence-corrected chi connectivity index (χ0v) is 16.3. The smallest absolute Gasteiger partial charge is 0.333 e. The van der Waals surface area contributed by atoms with Crippen molar-refractivity contribution in [3.05, 3.63) is 76.3 Å². The molecule has 0 aliphatic carbocycles. The van der Waals surface area contributed by atoms with Gasteiger partial charge in [0.2, 0.25) is 0 Å². The number of rotatable bonds is 7. The van der Waals surface area contributed by atoms with Crippen LogP contribution in [0.15, 0.2) is 48.2 Å². The number of unbranched alkanes of at least 4 members (excludes halogenated alkanes) is 3. The summed E-state index contributed by atoms with van der Waals surface area (Å²) in [6, 6.07) is 14.6. The van der Waals surface area contributed by atoms with Crippen LogP contribution in [0.5, 0.6) is 0 Å². The number of aliphatic carboxylic acids is 1. The first kappa shape index (κ1) is 19.7. The van der Waals surface area contributed by atoms with E-state index in [4.69, 9.17) is 11.7 Å². The summed E-state index contributed by atoms with van der Waals surface area (Å²) in [7, 11) is 0. The molecule has 4 heteroatoms. The largest absolute Gasteiger partial charge is 0.486 e. The number of hydrogen-bond acceptors (Lipinski definition) is 2. The Morgan fingerprint density at radius 1 is 1.11 bits per heavy atom. The molecule has 0 spiro atoms. The van der Waals surface area contributed by atoms with Gasteiger partial charge in [-0.1, -0.05) is 56.5 Å². The van der Waals surface area contributed by atoms with E-state index in [1.54, 1.807) is 0 Å². The first-order valence-electron chi connectivity index (χ1n) is 9.95. The zero-order valence-electron chi connectivity index (χ0n) is 16.3. The summed E-state index contributed by atoms with van der Waals surface area (Å²) >= 11 is 0. The minimum atomic E-state index is -1.19. The maximum absolute atomic E-state index is 11.2. The molecule has 1 heterocycles. The predicted octanol–water partition coefficient (Wildman–Crippen LogP) is 5.85. The van der Waals surface area contributed by atoms with Crippen molar-refractivity contribution in [2.24, 2.45) is 0 Å². The molecule has 28 heavy (non-hydrogen) atoms. The van der Waals surface area contributed by atoms with Crippen LogP contribution in [-0.4, -0.2) is 17.6 Å². The highest BCUT2D eigenvalue weighted by atomic mass is 16.4. The SMILES string of the molecule is [C-]#[N+]/C(=C\c1ccc2c(c1)CCc1ccccc1N2CCCCCC)C(=O)O. The molecule has 0 amide bonds. The number of carboxylic acid groups (broad SMARTS) is 1. The summed E-state index contributed by atoms with van der Waals surface area (Å²) in [6.45, 7) is 10.3. The Kier molecular flexibility index (Phi) is 6.49. The number of aryl methyl sites for hydroxylation is 2. The van der Waals surface area contributed by atoms with Crippen molar-refractivity contribution in [3.8, 4) is 0 Å². The van der Waals surface area contributed by atoms with E-state index in [0.29, 0.717) is 0 Å². The van der Waals surface area contributed by atoms with E-state index < -0.39 is 5.97 Å². The molecular weight excluding hydrogens is 348 g/mol. The molecule has 144 valence electrons. The fourth-order valence-electron chi connectivity index (χ4n) is 3.78. The van der Waals surface area contributed by atoms with Gasteiger partial charge in [-0.15, -0.1) is 0 Å². The second-order valence-corrected chi connectivity index (χ2v) is 7.18. The zero-order chi connectivity index (χ0) is 19.9. The Labute approximate surface area is 166 Å². The fraction of sp³-hybridized carbons (Fsp3) is 0.333. The molecular formula is C24H26N2O2. The van der Waals surface area contributed by atoms with Crippen molar-refractivity contribution in [2.75, 3.05) is 11.4 Å². The number of hydrogen-bond donors (Lipinski definition) is 1. The lowest BCUT2D eigenvalue weighted by atomic mass is 10.0. The van der Waals surface area contributed by atoms with Crippen LogP contribution >= 0.6 is 0 Å². The van der Waals surface area contributed by atoms with Gasteiger partial charge in [-0.2, -0.15) is 0 Å². The third-order valence-corrected chi connectivity index (χ3v) is 5.22. The summed E-state index contributed by atoms with van der Waals surface area (Å²) < 4.78 is 0. The van der Waals surface area contributed by atoms with Crippen LogP contribution in [0.3, 0.4) is 0 Å². The lowest BCUT2D eigenvalue weighted by Crippen LogP contribution is -2.19. The van der Waals surface area contributed by atoms with Crippen molar-refractivity contribution in [1.82, 2.24) is 0 Å². The van der Waals surface area contributed by atoms with Crippen molar-refractivity contribution in [2.45, 2.75) is 45.4 Å². The molecule has 1 N–H and O–H groups in total. The van der Waals surface area contributed by atoms with Crippen molar-refractivity contribution in [3.63, 3.8) is 0 Å². The molecule has 0 saturated heterocycles. The average Bonchev–Trinajstić information content (AvgIpc) is 2.86. The quantitative estimate of drug-likeness (QED) is 0.376. The number of carbonyl (C=O) groups is 1. The van der Waals surface area contributed by atoms with E-state index in [0.717, 1.165) is 31.4 Å². The van der Waals surface area contributed by atoms with Crippen molar-refractivity contribution < 1.29 is 9.90 Å². The average molecular weight is 374 g/mol. The molecule has 0 unspecified atom stereocenters. The number of benzene rings is 2. The lowest BCUT2D eigenvalue weighted by Gasteiger charge is -2.27. The van der Waals surface area contributed by atoms with Crippen LogP contribution < -0.4 is 4.90 Å². The highest BCUT2D eigenvalue weighted by molar-refractivity contribution is 5.94. The van der Waals surface area contributed by atoms with Crippen LogP contribution in [0.2, 0.25) is 0 Å². The predicted molar refractivity (Wildman–Crippen MR) is 114 cm³/mol. The summed E-state index contributed by atoms with van der Waals surface area (Å²) in [6.07, 6.45) is 8.15. The molecule has 0 radical (unpaired) electrons. The van der Waals surface area contributed by atoms with E-state index in [1.807, 2.05) is 12.1 Å². The summed E-state index contributed by atoms with van der Waals surface area (Å²) in [5.41, 5.74) is 5.53. The van der Waals surface area contributed by atoms with Gasteiger partial charge in [0.15, 0.2) is 0 Å². The van der Waals surface area contributed by atoms with Gasteiger partial charge in [0, 0.05) is 17.9 Å². The minimum absolute atomic E-state index is 0.256. The van der Waals surface area contributed by atoms with Crippen molar-refractivity contribution in [1.29, 1.82) is 0 Å². The molecule has 1 aliphatic heterocycles. The molecule has 4 nitrogen and oxygen atoms in total. The summed E-state index contributed by atoms with van der Waals surface area (Å²) in [5.74, 6) is -1.19. The number of para-hydroxylation sites is 1. The van der Waals surface area contributed by atoms with Gasteiger partial charge in [0.25, 0.3) is 5.70 Å². The first-order chi connectivity index (χ1) is 13.6. The van der Waals surface area contributed by atoms with Gasteiger partial charge in [0.1, 0.15) is 0 Å². The highest BCUT2D eigenvalue weighted by Crippen LogP contribution is 2.37. The van der Waals surface area contributed by atoms with Gasteiger partial charge >= 0.3 is 5.97 Å². The number of carboxylic acids is 1. The monoisotopic (exact) mass is 374 g/mol. The number of anilines is 2. The van der Waals surface area contributed by atoms with Gasteiger partial charge < -0.3 is 10.0 Å². The number of fused-ring (bicyclic) bond motifs is 2. The third-order valence-electron chi connectivity index (χ3n) is 5.22. The summed E-state index contributed by atoms with van der Waals surface area (Å²) in [4.78, 5) is 16.7. The van der Waals surface area contributed by atoms with Crippen LogP contribution in [0, 0.1) is 6.57 Å². The van der Waals surface area contributed by atoms with E-state index in [2.05, 4.69) is 47.0 Å². The Balaban J connectivity index is 1.97. The van der Waals surface area contributed by atoms with Gasteiger partial charge in [-0.05, 0) is 54.2 Å². The van der Waals surface area contributed by atoms with Gasteiger partial charge in [-0.3, -0.25) is 4.79 Å². The normalized spacial score (nSPS) is 13.3. The molecule has 1 aliphatic rings. The second-order valence-electron chi connectivity index (χ2n) is 7.18. The van der Waals surface area contributed by atoms with E-state index >= 15 is 0 Å². The Morgan fingerprint density at radius 2 is 1.86 bits per heavy atom. The Morgan fingerprint density at radius 3 is 2.61 bits per heavy atom. The maximum atomic E-state index is 11.2. The molecule has 0 atom stereocenters. The first-order valence-corrected chi connectivity index (χ1v) is 9.95. The third kappa shape index (κ3) is 4.43. The summed E-state index contributed by atoms with van der Waals surface area (Å²) in [5, 5.41) is 9.13. The molecule has 2 aromatic rings. The highest BCUT2D eigenvalue weighted by Gasteiger charge is 2.20. The molecule has 0 fully saturated rings. The Hall–Kier alpha value is -3.06. The fourth-order valence-corrected chi connectivity index (χ4v) is 3.78. The van der Waals surface area contributed by atoms with Gasteiger partial charge in [-0.25, -0.2) is 4.85 Å². The lowest BCUT2D eigenvalue weighted by molar-refractivity contribution is -0.132. The number of nitrogens with zero attached hydrogens (tertiary/aromatic N) is 2. The van der Waals surface area contributed by atoms with Crippen molar-refractivity contribution >= 4 is 23.4 Å².